The van der Waals surface area contributed by atoms with Crippen molar-refractivity contribution in [3.05, 3.63) is 68.2 Å². The number of carbonyl (C=O) groups excluding carboxylic acids is 1. The highest BCUT2D eigenvalue weighted by molar-refractivity contribution is 14.1. The van der Waals surface area contributed by atoms with E-state index >= 15 is 0 Å². The highest BCUT2D eigenvalue weighted by atomic mass is 127. The fraction of sp³-hybridized carbons (Fsp3) is 0.100. The maximum atomic E-state index is 12.4. The summed E-state index contributed by atoms with van der Waals surface area (Å²) < 4.78 is 12.6. The Morgan fingerprint density at radius 3 is 2.67 bits per heavy atom. The van der Waals surface area contributed by atoms with E-state index in [1.54, 1.807) is 30.3 Å². The van der Waals surface area contributed by atoms with Crippen LogP contribution in [0, 0.1) is 14.9 Å². The Bertz CT molecular complexity index is 918. The summed E-state index contributed by atoms with van der Waals surface area (Å²) in [5, 5.41) is 12.1. The molecule has 7 heteroatoms. The fourth-order valence-corrected chi connectivity index (χ4v) is 3.09. The Labute approximate surface area is 179 Å². The zero-order valence-electron chi connectivity index (χ0n) is 14.5. The van der Waals surface area contributed by atoms with Crippen molar-refractivity contribution < 1.29 is 14.3 Å². The third-order valence-electron chi connectivity index (χ3n) is 3.38. The summed E-state index contributed by atoms with van der Waals surface area (Å²) in [5.41, 5.74) is 1.22. The molecule has 0 aliphatic rings. The molecule has 1 N–H and O–H groups in total. The van der Waals surface area contributed by atoms with Crippen LogP contribution in [0.25, 0.3) is 6.08 Å². The van der Waals surface area contributed by atoms with E-state index in [1.807, 2.05) is 18.2 Å². The number of benzene rings is 2. The number of hydrogen-bond acceptors (Lipinski definition) is 4. The fourth-order valence-electron chi connectivity index (χ4n) is 2.15. The molecule has 5 nitrogen and oxygen atoms in total. The molecule has 2 rings (SSSR count). The minimum atomic E-state index is -0.485. The third kappa shape index (κ3) is 5.84. The number of nitriles is 1. The van der Waals surface area contributed by atoms with Crippen LogP contribution in [0.2, 0.25) is 0 Å². The first kappa shape index (κ1) is 21.0. The second-order valence-electron chi connectivity index (χ2n) is 5.26. The average Bonchev–Trinajstić information content (AvgIpc) is 2.66. The van der Waals surface area contributed by atoms with Gasteiger partial charge in [-0.15, -0.1) is 0 Å². The number of methoxy groups -OCH3 is 1. The van der Waals surface area contributed by atoms with Gasteiger partial charge in [0.2, 0.25) is 0 Å². The molecule has 2 aromatic rings. The highest BCUT2D eigenvalue weighted by Gasteiger charge is 2.14. The summed E-state index contributed by atoms with van der Waals surface area (Å²) in [6.07, 6.45) is 3.12. The van der Waals surface area contributed by atoms with E-state index < -0.39 is 5.91 Å². The zero-order valence-corrected chi connectivity index (χ0v) is 18.2. The second kappa shape index (κ2) is 10.1. The zero-order chi connectivity index (χ0) is 19.8. The summed E-state index contributed by atoms with van der Waals surface area (Å²) in [5.74, 6) is 0.519. The summed E-state index contributed by atoms with van der Waals surface area (Å²) in [4.78, 5) is 12.4. The van der Waals surface area contributed by atoms with Gasteiger partial charge in [-0.2, -0.15) is 5.26 Å². The van der Waals surface area contributed by atoms with Crippen molar-refractivity contribution in [3.8, 4) is 17.6 Å². The first-order valence-electron chi connectivity index (χ1n) is 7.78. The maximum Gasteiger partial charge on any atom is 0.266 e. The molecule has 2 aromatic carbocycles. The molecular weight excluding hydrogens is 523 g/mol. The van der Waals surface area contributed by atoms with E-state index in [0.717, 1.165) is 3.57 Å². The molecule has 0 unspecified atom stereocenters. The molecule has 138 valence electrons. The molecular formula is C20H16BrIN2O3. The first-order valence-corrected chi connectivity index (χ1v) is 9.65. The van der Waals surface area contributed by atoms with E-state index in [-0.39, 0.29) is 5.57 Å². The number of hydrogen-bond donors (Lipinski definition) is 1. The van der Waals surface area contributed by atoms with E-state index in [4.69, 9.17) is 9.47 Å². The third-order valence-corrected chi connectivity index (χ3v) is 4.68. The Kier molecular flexibility index (Phi) is 7.88. The minimum absolute atomic E-state index is 0.0257. The van der Waals surface area contributed by atoms with Gasteiger partial charge < -0.3 is 14.8 Å². The van der Waals surface area contributed by atoms with Gasteiger partial charge in [-0.1, -0.05) is 12.7 Å². The van der Waals surface area contributed by atoms with Crippen LogP contribution in [0.3, 0.4) is 0 Å². The van der Waals surface area contributed by atoms with Gasteiger partial charge in [-0.05, 0) is 86.6 Å². The number of amides is 1. The number of rotatable bonds is 7. The van der Waals surface area contributed by atoms with Crippen molar-refractivity contribution in [1.82, 2.24) is 0 Å². The van der Waals surface area contributed by atoms with Crippen molar-refractivity contribution in [1.29, 1.82) is 5.26 Å². The van der Waals surface area contributed by atoms with Crippen molar-refractivity contribution >= 4 is 56.2 Å². The average molecular weight is 539 g/mol. The Balaban J connectivity index is 2.29. The molecule has 0 bridgehead atoms. The Morgan fingerprint density at radius 1 is 1.37 bits per heavy atom. The van der Waals surface area contributed by atoms with E-state index in [9.17, 15) is 10.1 Å². The molecule has 0 radical (unpaired) electrons. The molecule has 0 spiro atoms. The van der Waals surface area contributed by atoms with Crippen molar-refractivity contribution in [2.75, 3.05) is 19.0 Å². The van der Waals surface area contributed by atoms with Crippen LogP contribution in [0.5, 0.6) is 11.5 Å². The monoisotopic (exact) mass is 538 g/mol. The molecule has 0 atom stereocenters. The molecule has 0 aliphatic carbocycles. The van der Waals surface area contributed by atoms with E-state index in [0.29, 0.717) is 33.8 Å². The summed E-state index contributed by atoms with van der Waals surface area (Å²) in [6.45, 7) is 3.94. The molecule has 0 saturated carbocycles. The summed E-state index contributed by atoms with van der Waals surface area (Å²) in [7, 11) is 1.52. The molecule has 27 heavy (non-hydrogen) atoms. The number of halogens is 2. The Morgan fingerprint density at radius 2 is 2.07 bits per heavy atom. The number of ether oxygens (including phenoxy) is 2. The molecule has 0 fully saturated rings. The minimum Gasteiger partial charge on any atom is -0.493 e. The summed E-state index contributed by atoms with van der Waals surface area (Å²) in [6, 6.07) is 12.7. The van der Waals surface area contributed by atoms with Gasteiger partial charge in [0.15, 0.2) is 11.5 Å². The van der Waals surface area contributed by atoms with Gasteiger partial charge in [0.25, 0.3) is 5.91 Å². The van der Waals surface area contributed by atoms with Crippen LogP contribution < -0.4 is 14.8 Å². The van der Waals surface area contributed by atoms with Crippen LogP contribution in [-0.2, 0) is 4.79 Å². The van der Waals surface area contributed by atoms with Gasteiger partial charge in [-0.25, -0.2) is 0 Å². The molecule has 0 aromatic heterocycles. The second-order valence-corrected chi connectivity index (χ2v) is 7.36. The highest BCUT2D eigenvalue weighted by Crippen LogP contribution is 2.37. The smallest absolute Gasteiger partial charge is 0.266 e. The van der Waals surface area contributed by atoms with Crippen LogP contribution in [-0.4, -0.2) is 19.6 Å². The lowest BCUT2D eigenvalue weighted by Crippen LogP contribution is -2.13. The predicted molar refractivity (Wildman–Crippen MR) is 118 cm³/mol. The topological polar surface area (TPSA) is 71.3 Å². The van der Waals surface area contributed by atoms with E-state index in [2.05, 4.69) is 50.4 Å². The lowest BCUT2D eigenvalue weighted by Gasteiger charge is -2.12. The van der Waals surface area contributed by atoms with Gasteiger partial charge in [0.1, 0.15) is 18.2 Å². The number of nitrogens with zero attached hydrogens (tertiary/aromatic N) is 1. The largest absolute Gasteiger partial charge is 0.493 e. The van der Waals surface area contributed by atoms with Crippen molar-refractivity contribution in [2.24, 2.45) is 0 Å². The normalized spacial score (nSPS) is 10.7. The van der Waals surface area contributed by atoms with Gasteiger partial charge in [0.05, 0.1) is 11.6 Å². The van der Waals surface area contributed by atoms with Crippen LogP contribution in [0.1, 0.15) is 5.56 Å². The summed E-state index contributed by atoms with van der Waals surface area (Å²) >= 11 is 5.60. The van der Waals surface area contributed by atoms with Crippen molar-refractivity contribution in [2.45, 2.75) is 0 Å². The SMILES string of the molecule is C=CCOc1c(Br)cc(/C=C(\C#N)C(=O)Nc2ccc(I)cc2)cc1OC. The number of anilines is 1. The van der Waals surface area contributed by atoms with E-state index in [1.165, 1.54) is 13.2 Å². The quantitative estimate of drug-likeness (QED) is 0.228. The standard InChI is InChI=1S/C20H16BrIN2O3/c1-3-8-27-19-17(21)10-13(11-18(19)26-2)9-14(12-23)20(25)24-16-6-4-15(22)5-7-16/h3-7,9-11H,1,8H2,2H3,(H,24,25)/b14-9+. The van der Waals surface area contributed by atoms with Crippen molar-refractivity contribution in [3.63, 3.8) is 0 Å². The number of carbonyl (C=O) groups is 1. The first-order chi connectivity index (χ1) is 13.0. The van der Waals surface area contributed by atoms with Crippen LogP contribution in [0.15, 0.2) is 59.1 Å². The predicted octanol–water partition coefficient (Wildman–Crippen LogP) is 5.17. The molecule has 0 aliphatic heterocycles. The lowest BCUT2D eigenvalue weighted by atomic mass is 10.1. The molecule has 0 saturated heterocycles. The van der Waals surface area contributed by atoms with Gasteiger partial charge in [-0.3, -0.25) is 4.79 Å². The van der Waals surface area contributed by atoms with Crippen LogP contribution >= 0.6 is 38.5 Å². The van der Waals surface area contributed by atoms with Gasteiger partial charge in [0, 0.05) is 9.26 Å². The van der Waals surface area contributed by atoms with Gasteiger partial charge >= 0.3 is 0 Å². The lowest BCUT2D eigenvalue weighted by molar-refractivity contribution is -0.112. The maximum absolute atomic E-state index is 12.4. The Hall–Kier alpha value is -2.31. The molecule has 0 heterocycles. The molecule has 1 amide bonds. The number of nitrogens with one attached hydrogen (secondary N) is 1. The van der Waals surface area contributed by atoms with Crippen LogP contribution in [0.4, 0.5) is 5.69 Å².